The second kappa shape index (κ2) is 9.91. The summed E-state index contributed by atoms with van der Waals surface area (Å²) in [5.41, 5.74) is 0.461. The molecule has 2 aromatic rings. The van der Waals surface area contributed by atoms with Gasteiger partial charge < -0.3 is 10.2 Å². The SMILES string of the molecule is CC(C)(C)C(O)=CC(O)C(C)(C)C.[Ir].[c-]1ccccc1-n1cccn1. The second-order valence-corrected chi connectivity index (χ2v) is 7.81. The van der Waals surface area contributed by atoms with E-state index in [1.165, 1.54) is 6.08 Å². The minimum atomic E-state index is -0.605. The molecule has 1 unspecified atom stereocenters. The molecular weight excluding hydrogens is 492 g/mol. The molecule has 0 saturated heterocycles. The smallest absolute Gasteiger partial charge is 0.0961 e. The predicted octanol–water partition coefficient (Wildman–Crippen LogP) is 4.55. The van der Waals surface area contributed by atoms with Gasteiger partial charge in [0.05, 0.1) is 11.9 Å². The molecule has 141 valence electrons. The predicted molar refractivity (Wildman–Crippen MR) is 98.0 cm³/mol. The standard InChI is InChI=1S/C11H22O2.C9H7N2.Ir/c1-10(2,3)8(12)7-9(13)11(4,5)6;1-2-5-9(6-3-1)11-8-4-7-10-11;/h7-8,12-13H,1-6H3;1-5,7-8H;/q;-1;. The first-order chi connectivity index (χ1) is 11.0. The van der Waals surface area contributed by atoms with Crippen LogP contribution in [-0.2, 0) is 20.1 Å². The molecule has 0 amide bonds. The Kier molecular flexibility index (Phi) is 9.34. The number of aliphatic hydroxyl groups excluding tert-OH is 2. The molecule has 4 nitrogen and oxygen atoms in total. The van der Waals surface area contributed by atoms with Crippen LogP contribution in [0.15, 0.2) is 54.6 Å². The van der Waals surface area contributed by atoms with Crippen LogP contribution in [0.5, 0.6) is 0 Å². The van der Waals surface area contributed by atoms with Gasteiger partial charge in [-0.25, -0.2) is 0 Å². The summed E-state index contributed by atoms with van der Waals surface area (Å²) in [7, 11) is 0. The summed E-state index contributed by atoms with van der Waals surface area (Å²) < 4.78 is 1.78. The van der Waals surface area contributed by atoms with Crippen molar-refractivity contribution in [2.24, 2.45) is 10.8 Å². The van der Waals surface area contributed by atoms with Gasteiger partial charge >= 0.3 is 0 Å². The van der Waals surface area contributed by atoms with Gasteiger partial charge in [-0.1, -0.05) is 41.5 Å². The largest absolute Gasteiger partial charge is 0.512 e. The first kappa shape index (κ1) is 23.6. The van der Waals surface area contributed by atoms with Crippen molar-refractivity contribution in [3.63, 3.8) is 0 Å². The van der Waals surface area contributed by atoms with E-state index in [0.29, 0.717) is 0 Å². The first-order valence-electron chi connectivity index (χ1n) is 8.08. The fraction of sp³-hybridized carbons (Fsp3) is 0.450. The Balaban J connectivity index is 0.000000446. The van der Waals surface area contributed by atoms with Crippen molar-refractivity contribution in [1.82, 2.24) is 9.78 Å². The molecule has 0 aliphatic carbocycles. The van der Waals surface area contributed by atoms with Gasteiger partial charge in [0.25, 0.3) is 0 Å². The van der Waals surface area contributed by atoms with Gasteiger partial charge in [0.1, 0.15) is 0 Å². The third-order valence-electron chi connectivity index (χ3n) is 3.42. The summed E-state index contributed by atoms with van der Waals surface area (Å²) in [6.45, 7) is 11.5. The van der Waals surface area contributed by atoms with Crippen LogP contribution in [0.4, 0.5) is 0 Å². The second-order valence-electron chi connectivity index (χ2n) is 7.81. The Hall–Kier alpha value is -1.42. The number of aliphatic hydroxyl groups is 2. The monoisotopic (exact) mass is 522 g/mol. The van der Waals surface area contributed by atoms with Crippen molar-refractivity contribution in [3.8, 4) is 5.69 Å². The molecular formula is C20H29IrN2O2-. The molecule has 0 fully saturated rings. The molecule has 0 saturated carbocycles. The number of allylic oxidation sites excluding steroid dienone is 1. The summed E-state index contributed by atoms with van der Waals surface area (Å²) in [5.74, 6) is 0.245. The van der Waals surface area contributed by atoms with Crippen LogP contribution in [0.1, 0.15) is 41.5 Å². The molecule has 0 aliphatic heterocycles. The summed E-state index contributed by atoms with van der Waals surface area (Å²) in [6, 6.07) is 12.7. The normalized spacial score (nSPS) is 13.3. The number of rotatable bonds is 2. The average Bonchev–Trinajstić information content (AvgIpc) is 3.01. The number of hydrogen-bond acceptors (Lipinski definition) is 3. The van der Waals surface area contributed by atoms with Crippen LogP contribution in [-0.4, -0.2) is 26.1 Å². The Bertz CT molecular complexity index is 624. The van der Waals surface area contributed by atoms with E-state index in [2.05, 4.69) is 11.2 Å². The van der Waals surface area contributed by atoms with Crippen molar-refractivity contribution >= 4 is 0 Å². The van der Waals surface area contributed by atoms with Gasteiger partial charge in [0.15, 0.2) is 0 Å². The first-order valence-corrected chi connectivity index (χ1v) is 8.08. The van der Waals surface area contributed by atoms with E-state index in [9.17, 15) is 10.2 Å². The maximum absolute atomic E-state index is 9.68. The number of nitrogens with zero attached hydrogens (tertiary/aromatic N) is 2. The molecule has 0 aliphatic rings. The summed E-state index contributed by atoms with van der Waals surface area (Å²) in [4.78, 5) is 0. The van der Waals surface area contributed by atoms with Crippen molar-refractivity contribution in [2.45, 2.75) is 47.6 Å². The van der Waals surface area contributed by atoms with E-state index in [1.54, 1.807) is 10.9 Å². The molecule has 2 N–H and O–H groups in total. The van der Waals surface area contributed by atoms with Gasteiger partial charge in [0.2, 0.25) is 0 Å². The van der Waals surface area contributed by atoms with E-state index in [0.717, 1.165) is 5.69 Å². The molecule has 1 heterocycles. The van der Waals surface area contributed by atoms with Gasteiger partial charge in [0, 0.05) is 37.9 Å². The number of para-hydroxylation sites is 1. The molecule has 0 bridgehead atoms. The van der Waals surface area contributed by atoms with Crippen LogP contribution in [0.2, 0.25) is 0 Å². The Morgan fingerprint density at radius 1 is 1.16 bits per heavy atom. The summed E-state index contributed by atoms with van der Waals surface area (Å²) in [6.07, 6.45) is 4.57. The molecule has 2 rings (SSSR count). The van der Waals surface area contributed by atoms with E-state index >= 15 is 0 Å². The molecule has 1 aromatic heterocycles. The maximum atomic E-state index is 9.68. The van der Waals surface area contributed by atoms with E-state index in [1.807, 2.05) is 78.1 Å². The van der Waals surface area contributed by atoms with Crippen molar-refractivity contribution in [2.75, 3.05) is 0 Å². The topological polar surface area (TPSA) is 58.3 Å². The zero-order chi connectivity index (χ0) is 18.4. The summed E-state index contributed by atoms with van der Waals surface area (Å²) >= 11 is 0. The molecule has 1 radical (unpaired) electrons. The van der Waals surface area contributed by atoms with E-state index in [-0.39, 0.29) is 36.7 Å². The molecule has 5 heteroatoms. The average molecular weight is 522 g/mol. The molecule has 0 spiro atoms. The minimum absolute atomic E-state index is 0. The Morgan fingerprint density at radius 2 is 1.80 bits per heavy atom. The zero-order valence-corrected chi connectivity index (χ0v) is 18.2. The van der Waals surface area contributed by atoms with E-state index < -0.39 is 6.10 Å². The third kappa shape index (κ3) is 8.48. The van der Waals surface area contributed by atoms with Crippen LogP contribution in [0, 0.1) is 16.9 Å². The number of hydrogen-bond donors (Lipinski definition) is 2. The quantitative estimate of drug-likeness (QED) is 0.450. The number of aromatic nitrogens is 2. The Labute approximate surface area is 164 Å². The van der Waals surface area contributed by atoms with E-state index in [4.69, 9.17) is 0 Å². The minimum Gasteiger partial charge on any atom is -0.512 e. The van der Waals surface area contributed by atoms with Crippen LogP contribution >= 0.6 is 0 Å². The molecule has 25 heavy (non-hydrogen) atoms. The van der Waals surface area contributed by atoms with Crippen LogP contribution in [0.25, 0.3) is 5.69 Å². The maximum Gasteiger partial charge on any atom is 0.0961 e. The van der Waals surface area contributed by atoms with Crippen LogP contribution < -0.4 is 0 Å². The van der Waals surface area contributed by atoms with Crippen molar-refractivity contribution in [3.05, 3.63) is 60.6 Å². The van der Waals surface area contributed by atoms with Gasteiger partial charge in [-0.05, 0) is 23.2 Å². The fourth-order valence-corrected chi connectivity index (χ4v) is 1.59. The fourth-order valence-electron chi connectivity index (χ4n) is 1.59. The molecule has 1 atom stereocenters. The van der Waals surface area contributed by atoms with Crippen molar-refractivity contribution in [1.29, 1.82) is 0 Å². The molecule has 1 aromatic carbocycles. The third-order valence-corrected chi connectivity index (χ3v) is 3.42. The summed E-state index contributed by atoms with van der Waals surface area (Å²) in [5, 5.41) is 23.4. The van der Waals surface area contributed by atoms with Gasteiger partial charge in [-0.2, -0.15) is 29.4 Å². The van der Waals surface area contributed by atoms with Crippen LogP contribution in [0.3, 0.4) is 0 Å². The van der Waals surface area contributed by atoms with Gasteiger partial charge in [-0.3, -0.25) is 4.68 Å². The Morgan fingerprint density at radius 3 is 2.20 bits per heavy atom. The van der Waals surface area contributed by atoms with Gasteiger partial charge in [-0.15, -0.1) is 6.07 Å². The zero-order valence-electron chi connectivity index (χ0n) is 15.8. The number of benzene rings is 1. The van der Waals surface area contributed by atoms with Crippen molar-refractivity contribution < 1.29 is 30.3 Å².